The standard InChI is InChI=1S/C7H10N2O3/c10-7(11)5-3-4-1-2-6(5)9(4)8-12/h4-6H,1-3H2,(H,10,11). The number of rotatable bonds is 2. The first-order valence-electron chi connectivity index (χ1n) is 4.08. The van der Waals surface area contributed by atoms with Crippen LogP contribution in [0.1, 0.15) is 19.3 Å². The molecule has 0 spiro atoms. The predicted octanol–water partition coefficient (Wildman–Crippen LogP) is 0.605. The van der Waals surface area contributed by atoms with Crippen LogP contribution >= 0.6 is 0 Å². The lowest BCUT2D eigenvalue weighted by Crippen LogP contribution is -2.29. The Bertz CT molecular complexity index is 231. The minimum Gasteiger partial charge on any atom is -0.481 e. The van der Waals surface area contributed by atoms with E-state index in [1.165, 1.54) is 5.01 Å². The van der Waals surface area contributed by atoms with E-state index in [-0.39, 0.29) is 18.0 Å². The second-order valence-corrected chi connectivity index (χ2v) is 3.44. The SMILES string of the molecule is O=NN1C2CCC1C(C(=O)O)C2. The molecule has 3 unspecified atom stereocenters. The Labute approximate surface area is 69.3 Å². The summed E-state index contributed by atoms with van der Waals surface area (Å²) < 4.78 is 0. The van der Waals surface area contributed by atoms with Crippen LogP contribution in [0.2, 0.25) is 0 Å². The summed E-state index contributed by atoms with van der Waals surface area (Å²) in [6.07, 6.45) is 2.30. The zero-order valence-corrected chi connectivity index (χ0v) is 6.51. The van der Waals surface area contributed by atoms with Gasteiger partial charge in [0.1, 0.15) is 0 Å². The fourth-order valence-electron chi connectivity index (χ4n) is 2.35. The van der Waals surface area contributed by atoms with Crippen molar-refractivity contribution in [3.63, 3.8) is 0 Å². The Balaban J connectivity index is 2.17. The maximum absolute atomic E-state index is 10.7. The molecule has 0 aromatic rings. The Morgan fingerprint density at radius 2 is 2.25 bits per heavy atom. The molecule has 5 nitrogen and oxygen atoms in total. The molecule has 0 aromatic carbocycles. The third-order valence-corrected chi connectivity index (χ3v) is 2.91. The van der Waals surface area contributed by atoms with Crippen molar-refractivity contribution in [2.45, 2.75) is 31.3 Å². The van der Waals surface area contributed by atoms with E-state index in [0.29, 0.717) is 6.42 Å². The van der Waals surface area contributed by atoms with Crippen molar-refractivity contribution in [3.8, 4) is 0 Å². The number of carboxylic acid groups (broad SMARTS) is 1. The lowest BCUT2D eigenvalue weighted by Gasteiger charge is -2.15. The van der Waals surface area contributed by atoms with Gasteiger partial charge in [0, 0.05) is 0 Å². The molecule has 66 valence electrons. The molecule has 2 aliphatic rings. The minimum absolute atomic E-state index is 0.0913. The van der Waals surface area contributed by atoms with Gasteiger partial charge in [-0.1, -0.05) is 0 Å². The van der Waals surface area contributed by atoms with Gasteiger partial charge in [-0.3, -0.25) is 9.80 Å². The van der Waals surface area contributed by atoms with E-state index in [1.54, 1.807) is 0 Å². The molecule has 12 heavy (non-hydrogen) atoms. The largest absolute Gasteiger partial charge is 0.481 e. The van der Waals surface area contributed by atoms with Crippen molar-refractivity contribution in [1.29, 1.82) is 0 Å². The third kappa shape index (κ3) is 0.821. The molecule has 3 atom stereocenters. The van der Waals surface area contributed by atoms with Crippen molar-refractivity contribution < 1.29 is 9.90 Å². The zero-order valence-electron chi connectivity index (χ0n) is 6.51. The quantitative estimate of drug-likeness (QED) is 0.616. The van der Waals surface area contributed by atoms with Crippen LogP contribution in [0.15, 0.2) is 5.29 Å². The Hall–Kier alpha value is -1.13. The molecule has 5 heteroatoms. The number of fused-ring (bicyclic) bond motifs is 2. The molecule has 0 saturated carbocycles. The first kappa shape index (κ1) is 7.52. The second-order valence-electron chi connectivity index (χ2n) is 3.44. The molecule has 2 saturated heterocycles. The summed E-state index contributed by atoms with van der Waals surface area (Å²) in [5.41, 5.74) is 0. The van der Waals surface area contributed by atoms with Crippen LogP contribution in [0.3, 0.4) is 0 Å². The number of hydrogen-bond donors (Lipinski definition) is 1. The van der Waals surface area contributed by atoms with Gasteiger partial charge in [0.25, 0.3) is 0 Å². The highest BCUT2D eigenvalue weighted by Gasteiger charge is 2.49. The highest BCUT2D eigenvalue weighted by Crippen LogP contribution is 2.41. The number of hydrogen-bond acceptors (Lipinski definition) is 3. The van der Waals surface area contributed by atoms with Crippen molar-refractivity contribution in [2.75, 3.05) is 0 Å². The lowest BCUT2D eigenvalue weighted by molar-refractivity contribution is -0.142. The van der Waals surface area contributed by atoms with Gasteiger partial charge in [-0.25, -0.2) is 0 Å². The summed E-state index contributed by atoms with van der Waals surface area (Å²) in [6, 6.07) is -0.0430. The fraction of sp³-hybridized carbons (Fsp3) is 0.857. The molecule has 1 N–H and O–H groups in total. The molecule has 2 bridgehead atoms. The molecule has 2 aliphatic heterocycles. The van der Waals surface area contributed by atoms with Crippen LogP contribution in [0.4, 0.5) is 0 Å². The maximum Gasteiger partial charge on any atom is 0.308 e. The molecule has 0 aliphatic carbocycles. The first-order chi connectivity index (χ1) is 5.74. The lowest BCUT2D eigenvalue weighted by atomic mass is 9.89. The number of carboxylic acids is 1. The zero-order chi connectivity index (χ0) is 8.72. The highest BCUT2D eigenvalue weighted by atomic mass is 16.4. The van der Waals surface area contributed by atoms with Crippen LogP contribution < -0.4 is 0 Å². The van der Waals surface area contributed by atoms with E-state index in [4.69, 9.17) is 5.11 Å². The summed E-state index contributed by atoms with van der Waals surface area (Å²) in [6.45, 7) is 0. The number of nitrogens with zero attached hydrogens (tertiary/aromatic N) is 2. The number of nitroso groups, excluding NO2 is 1. The van der Waals surface area contributed by atoms with Crippen LogP contribution in [-0.2, 0) is 4.79 Å². The van der Waals surface area contributed by atoms with Gasteiger partial charge in [-0.2, -0.15) is 0 Å². The number of carbonyl (C=O) groups is 1. The van der Waals surface area contributed by atoms with Gasteiger partial charge in [0.2, 0.25) is 0 Å². The van der Waals surface area contributed by atoms with Crippen LogP contribution in [0.25, 0.3) is 0 Å². The maximum atomic E-state index is 10.7. The Morgan fingerprint density at radius 1 is 1.50 bits per heavy atom. The van der Waals surface area contributed by atoms with Gasteiger partial charge >= 0.3 is 5.97 Å². The average molecular weight is 170 g/mol. The van der Waals surface area contributed by atoms with Crippen molar-refractivity contribution in [2.24, 2.45) is 11.2 Å². The molecule has 2 fully saturated rings. The van der Waals surface area contributed by atoms with Gasteiger partial charge < -0.3 is 5.11 Å². The molecule has 2 rings (SSSR count). The van der Waals surface area contributed by atoms with E-state index < -0.39 is 5.97 Å². The summed E-state index contributed by atoms with van der Waals surface area (Å²) in [5, 5.41) is 13.1. The fourth-order valence-corrected chi connectivity index (χ4v) is 2.35. The summed E-state index contributed by atoms with van der Waals surface area (Å²) in [4.78, 5) is 21.0. The minimum atomic E-state index is -0.796. The highest BCUT2D eigenvalue weighted by molar-refractivity contribution is 5.71. The monoisotopic (exact) mass is 170 g/mol. The molecular formula is C7H10N2O3. The molecular weight excluding hydrogens is 160 g/mol. The van der Waals surface area contributed by atoms with Gasteiger partial charge in [0.05, 0.1) is 23.3 Å². The van der Waals surface area contributed by atoms with Gasteiger partial charge in [0.15, 0.2) is 0 Å². The second kappa shape index (κ2) is 2.43. The summed E-state index contributed by atoms with van der Waals surface area (Å²) in [5.74, 6) is -1.17. The van der Waals surface area contributed by atoms with Crippen molar-refractivity contribution in [1.82, 2.24) is 5.01 Å². The first-order valence-corrected chi connectivity index (χ1v) is 4.08. The van der Waals surface area contributed by atoms with Gasteiger partial charge in [-0.15, -0.1) is 4.91 Å². The third-order valence-electron chi connectivity index (χ3n) is 2.91. The summed E-state index contributed by atoms with van der Waals surface area (Å²) >= 11 is 0. The van der Waals surface area contributed by atoms with Crippen LogP contribution in [0, 0.1) is 10.8 Å². The molecule has 2 heterocycles. The Morgan fingerprint density at radius 3 is 2.67 bits per heavy atom. The number of aliphatic carboxylic acids is 1. The summed E-state index contributed by atoms with van der Waals surface area (Å²) in [7, 11) is 0. The van der Waals surface area contributed by atoms with Gasteiger partial charge in [-0.05, 0) is 19.3 Å². The molecule has 0 amide bonds. The molecule has 0 aromatic heterocycles. The smallest absolute Gasteiger partial charge is 0.308 e. The van der Waals surface area contributed by atoms with Crippen molar-refractivity contribution >= 4 is 5.97 Å². The van der Waals surface area contributed by atoms with E-state index in [9.17, 15) is 9.70 Å². The topological polar surface area (TPSA) is 70.0 Å². The Kier molecular flexibility index (Phi) is 1.52. The van der Waals surface area contributed by atoms with Crippen molar-refractivity contribution in [3.05, 3.63) is 4.91 Å². The van der Waals surface area contributed by atoms with E-state index in [2.05, 4.69) is 5.29 Å². The van der Waals surface area contributed by atoms with Crippen LogP contribution in [0.5, 0.6) is 0 Å². The van der Waals surface area contributed by atoms with E-state index in [1.807, 2.05) is 0 Å². The molecule has 0 radical (unpaired) electrons. The van der Waals surface area contributed by atoms with E-state index in [0.717, 1.165) is 12.8 Å². The van der Waals surface area contributed by atoms with E-state index >= 15 is 0 Å². The average Bonchev–Trinajstić information content (AvgIpc) is 2.59. The predicted molar refractivity (Wildman–Crippen MR) is 40.2 cm³/mol. The van der Waals surface area contributed by atoms with Crippen LogP contribution in [-0.4, -0.2) is 28.2 Å². The normalized spacial score (nSPS) is 38.7.